The number of thiazole rings is 1. The van der Waals surface area contributed by atoms with Crippen LogP contribution in [0.15, 0.2) is 46.2 Å². The lowest BCUT2D eigenvalue weighted by Crippen LogP contribution is -2.51. The van der Waals surface area contributed by atoms with E-state index in [1.54, 1.807) is 0 Å². The molecule has 2 aromatic rings. The fraction of sp³-hybridized carbons (Fsp3) is 0.368. The van der Waals surface area contributed by atoms with Gasteiger partial charge in [-0.25, -0.2) is 0 Å². The fourth-order valence-corrected chi connectivity index (χ4v) is 4.67. The molecule has 152 valence electrons. The number of rotatable bonds is 3. The zero-order valence-electron chi connectivity index (χ0n) is 16.0. The SMILES string of the molecule is CN1CCN(C(=O)C2=CNC3NCNC(Nc4ccc5[nH]c(=O)sc5c4)=C23)CC1. The van der Waals surface area contributed by atoms with Crippen molar-refractivity contribution in [2.24, 2.45) is 0 Å². The molecule has 5 N–H and O–H groups in total. The van der Waals surface area contributed by atoms with Crippen LogP contribution in [0.3, 0.4) is 0 Å². The molecule has 1 unspecified atom stereocenters. The van der Waals surface area contributed by atoms with Crippen LogP contribution in [0.4, 0.5) is 5.69 Å². The van der Waals surface area contributed by atoms with E-state index in [4.69, 9.17) is 0 Å². The molecule has 0 saturated carbocycles. The first-order valence-electron chi connectivity index (χ1n) is 9.64. The lowest BCUT2D eigenvalue weighted by Gasteiger charge is -2.34. The van der Waals surface area contributed by atoms with Gasteiger partial charge in [0.2, 0.25) is 0 Å². The molecule has 1 saturated heterocycles. The molecular weight excluding hydrogens is 390 g/mol. The minimum absolute atomic E-state index is 0.0483. The number of benzene rings is 1. The van der Waals surface area contributed by atoms with Crippen molar-refractivity contribution in [3.05, 3.63) is 51.0 Å². The molecule has 9 nitrogen and oxygen atoms in total. The molecule has 29 heavy (non-hydrogen) atoms. The molecule has 4 heterocycles. The monoisotopic (exact) mass is 413 g/mol. The second kappa shape index (κ2) is 7.21. The average molecular weight is 414 g/mol. The highest BCUT2D eigenvalue weighted by molar-refractivity contribution is 7.16. The van der Waals surface area contributed by atoms with Crippen LogP contribution >= 0.6 is 11.3 Å². The van der Waals surface area contributed by atoms with Gasteiger partial charge in [0, 0.05) is 43.6 Å². The summed E-state index contributed by atoms with van der Waals surface area (Å²) < 4.78 is 0.893. The number of carbonyl (C=O) groups is 1. The van der Waals surface area contributed by atoms with E-state index in [1.165, 1.54) is 11.3 Å². The van der Waals surface area contributed by atoms with Gasteiger partial charge < -0.3 is 30.7 Å². The van der Waals surface area contributed by atoms with Crippen molar-refractivity contribution in [1.29, 1.82) is 0 Å². The van der Waals surface area contributed by atoms with Crippen LogP contribution in [0.5, 0.6) is 0 Å². The molecular formula is C19H23N7O2S. The van der Waals surface area contributed by atoms with E-state index in [2.05, 4.69) is 38.2 Å². The first-order chi connectivity index (χ1) is 14.1. The van der Waals surface area contributed by atoms with Gasteiger partial charge in [-0.2, -0.15) is 0 Å². The predicted octanol–water partition coefficient (Wildman–Crippen LogP) is -0.0494. The van der Waals surface area contributed by atoms with Gasteiger partial charge in [0.15, 0.2) is 0 Å². The number of hydrogen-bond acceptors (Lipinski definition) is 8. The number of nitrogens with one attached hydrogen (secondary N) is 5. The number of carbonyl (C=O) groups excluding carboxylic acids is 1. The molecule has 0 bridgehead atoms. The normalized spacial score (nSPS) is 22.2. The highest BCUT2D eigenvalue weighted by Gasteiger charge is 2.35. The molecule has 1 amide bonds. The standard InChI is InChI=1S/C19H23N7O2S/c1-25-4-6-26(7-5-25)18(27)12-9-20-16-15(12)17(22-10-21-16)23-11-2-3-13-14(8-11)29-19(28)24-13/h2-3,8-9,16,20-23H,4-7,10H2,1H3,(H,24,28). The molecule has 5 rings (SSSR count). The quantitative estimate of drug-likeness (QED) is 0.481. The van der Waals surface area contributed by atoms with Gasteiger partial charge in [-0.1, -0.05) is 11.3 Å². The molecule has 1 aromatic heterocycles. The van der Waals surface area contributed by atoms with Gasteiger partial charge in [-0.3, -0.25) is 14.9 Å². The van der Waals surface area contributed by atoms with Crippen LogP contribution in [-0.2, 0) is 4.79 Å². The lowest BCUT2D eigenvalue weighted by atomic mass is 10.0. The Morgan fingerprint density at radius 3 is 2.90 bits per heavy atom. The van der Waals surface area contributed by atoms with Crippen molar-refractivity contribution < 1.29 is 4.79 Å². The molecule has 0 aliphatic carbocycles. The highest BCUT2D eigenvalue weighted by atomic mass is 32.1. The number of aromatic amines is 1. The Kier molecular flexibility index (Phi) is 4.53. The molecule has 3 aliphatic heterocycles. The van der Waals surface area contributed by atoms with Crippen molar-refractivity contribution in [2.45, 2.75) is 6.17 Å². The van der Waals surface area contributed by atoms with E-state index >= 15 is 0 Å². The number of piperazine rings is 1. The third-order valence-corrected chi connectivity index (χ3v) is 6.37. The Hall–Kier alpha value is -2.82. The molecule has 1 atom stereocenters. The molecule has 1 aromatic carbocycles. The van der Waals surface area contributed by atoms with Crippen molar-refractivity contribution in [3.63, 3.8) is 0 Å². The van der Waals surface area contributed by atoms with E-state index in [1.807, 2.05) is 29.3 Å². The fourth-order valence-electron chi connectivity index (χ4n) is 3.90. The van der Waals surface area contributed by atoms with Crippen LogP contribution in [-0.4, -0.2) is 66.8 Å². The predicted molar refractivity (Wildman–Crippen MR) is 113 cm³/mol. The van der Waals surface area contributed by atoms with E-state index in [0.717, 1.165) is 53.5 Å². The van der Waals surface area contributed by atoms with E-state index in [9.17, 15) is 9.59 Å². The van der Waals surface area contributed by atoms with Crippen LogP contribution in [0.25, 0.3) is 10.2 Å². The van der Waals surface area contributed by atoms with Crippen LogP contribution in [0.2, 0.25) is 0 Å². The summed E-state index contributed by atoms with van der Waals surface area (Å²) in [5.74, 6) is 0.849. The zero-order valence-corrected chi connectivity index (χ0v) is 16.9. The maximum atomic E-state index is 13.2. The molecule has 0 spiro atoms. The number of amides is 1. The summed E-state index contributed by atoms with van der Waals surface area (Å²) >= 11 is 1.18. The minimum atomic E-state index is -0.114. The van der Waals surface area contributed by atoms with E-state index in [-0.39, 0.29) is 16.9 Å². The maximum absolute atomic E-state index is 13.2. The smallest absolute Gasteiger partial charge is 0.305 e. The molecule has 0 radical (unpaired) electrons. The third kappa shape index (κ3) is 3.39. The first-order valence-corrected chi connectivity index (χ1v) is 10.5. The van der Waals surface area contributed by atoms with Crippen LogP contribution in [0, 0.1) is 0 Å². The van der Waals surface area contributed by atoms with Crippen LogP contribution < -0.4 is 26.1 Å². The summed E-state index contributed by atoms with van der Waals surface area (Å²) in [4.78, 5) is 31.7. The Morgan fingerprint density at radius 1 is 1.24 bits per heavy atom. The Balaban J connectivity index is 1.43. The Morgan fingerprint density at radius 2 is 2.07 bits per heavy atom. The topological polar surface area (TPSA) is 105 Å². The van der Waals surface area contributed by atoms with E-state index in [0.29, 0.717) is 12.2 Å². The highest BCUT2D eigenvalue weighted by Crippen LogP contribution is 2.28. The molecule has 1 fully saturated rings. The van der Waals surface area contributed by atoms with Crippen molar-refractivity contribution in [1.82, 2.24) is 30.7 Å². The number of likely N-dealkylation sites (N-methyl/N-ethyl adjacent to an activating group) is 1. The lowest BCUT2D eigenvalue weighted by molar-refractivity contribution is -0.128. The minimum Gasteiger partial charge on any atom is -0.371 e. The van der Waals surface area contributed by atoms with Crippen LogP contribution in [0.1, 0.15) is 0 Å². The second-order valence-electron chi connectivity index (χ2n) is 7.45. The van der Waals surface area contributed by atoms with Gasteiger partial charge in [-0.15, -0.1) is 0 Å². The van der Waals surface area contributed by atoms with Gasteiger partial charge >= 0.3 is 4.87 Å². The summed E-state index contributed by atoms with van der Waals surface area (Å²) in [5, 5.41) is 13.3. The summed E-state index contributed by atoms with van der Waals surface area (Å²) in [6, 6.07) is 5.75. The summed E-state index contributed by atoms with van der Waals surface area (Å²) in [6.45, 7) is 3.81. The van der Waals surface area contributed by atoms with Crippen molar-refractivity contribution in [2.75, 3.05) is 45.2 Å². The molecule has 3 aliphatic rings. The number of aromatic nitrogens is 1. The average Bonchev–Trinajstić information content (AvgIpc) is 3.31. The maximum Gasteiger partial charge on any atom is 0.305 e. The van der Waals surface area contributed by atoms with Gasteiger partial charge in [-0.05, 0) is 25.2 Å². The number of H-pyrrole nitrogens is 1. The number of fused-ring (bicyclic) bond motifs is 2. The second-order valence-corrected chi connectivity index (χ2v) is 8.46. The van der Waals surface area contributed by atoms with E-state index < -0.39 is 0 Å². The largest absolute Gasteiger partial charge is 0.371 e. The zero-order chi connectivity index (χ0) is 20.0. The summed E-state index contributed by atoms with van der Waals surface area (Å²) in [6.07, 6.45) is 1.70. The Labute approximate surface area is 171 Å². The number of hydrogen-bond donors (Lipinski definition) is 5. The van der Waals surface area contributed by atoms with Gasteiger partial charge in [0.1, 0.15) is 12.0 Å². The summed E-state index contributed by atoms with van der Waals surface area (Å²) in [7, 11) is 2.08. The molecule has 10 heteroatoms. The van der Waals surface area contributed by atoms with Gasteiger partial charge in [0.05, 0.1) is 22.5 Å². The number of nitrogens with zero attached hydrogens (tertiary/aromatic N) is 2. The van der Waals surface area contributed by atoms with Crippen molar-refractivity contribution in [3.8, 4) is 0 Å². The third-order valence-electron chi connectivity index (χ3n) is 5.53. The first kappa shape index (κ1) is 18.2. The summed E-state index contributed by atoms with van der Waals surface area (Å²) in [5.41, 5.74) is 3.26. The Bertz CT molecular complexity index is 1080. The van der Waals surface area contributed by atoms with Crippen molar-refractivity contribution >= 4 is 33.1 Å². The van der Waals surface area contributed by atoms with Gasteiger partial charge in [0.25, 0.3) is 5.91 Å². The number of anilines is 1.